The zero-order valence-corrected chi connectivity index (χ0v) is 19.0. The summed E-state index contributed by atoms with van der Waals surface area (Å²) in [5.41, 5.74) is 8.08. The molecule has 6 rings (SSSR count). The molecule has 3 N–H and O–H groups in total. The van der Waals surface area contributed by atoms with Gasteiger partial charge in [-0.1, -0.05) is 12.1 Å². The van der Waals surface area contributed by atoms with Crippen molar-refractivity contribution in [1.29, 1.82) is 0 Å². The van der Waals surface area contributed by atoms with Gasteiger partial charge >= 0.3 is 0 Å². The van der Waals surface area contributed by atoms with Crippen molar-refractivity contribution in [2.45, 2.75) is 18.8 Å². The fourth-order valence-electron chi connectivity index (χ4n) is 4.60. The molecule has 4 aromatic rings. The molecule has 3 aromatic heterocycles. The smallest absolute Gasteiger partial charge is 0.256 e. The van der Waals surface area contributed by atoms with E-state index in [4.69, 9.17) is 5.73 Å². The minimum Gasteiger partial charge on any atom is -0.368 e. The highest BCUT2D eigenvalue weighted by atomic mass is 19.3. The van der Waals surface area contributed by atoms with Gasteiger partial charge in [-0.25, -0.2) is 28.4 Å². The number of rotatable bonds is 5. The van der Waals surface area contributed by atoms with Gasteiger partial charge in [-0.2, -0.15) is 4.98 Å². The summed E-state index contributed by atoms with van der Waals surface area (Å²) in [6.07, 6.45) is 3.81. The number of hydrogen-bond donors (Lipinski definition) is 2. The number of benzene rings is 1. The van der Waals surface area contributed by atoms with Crippen LogP contribution in [0.5, 0.6) is 0 Å². The monoisotopic (exact) mass is 475 g/mol. The second-order valence-corrected chi connectivity index (χ2v) is 9.12. The Kier molecular flexibility index (Phi) is 4.70. The molecule has 4 heterocycles. The van der Waals surface area contributed by atoms with E-state index in [0.717, 1.165) is 22.5 Å². The van der Waals surface area contributed by atoms with Crippen molar-refractivity contribution < 1.29 is 8.78 Å². The molecule has 1 saturated heterocycles. The molecule has 1 unspecified atom stereocenters. The molecule has 0 amide bonds. The van der Waals surface area contributed by atoms with Gasteiger partial charge in [0, 0.05) is 55.8 Å². The third kappa shape index (κ3) is 3.82. The predicted molar refractivity (Wildman–Crippen MR) is 128 cm³/mol. The summed E-state index contributed by atoms with van der Waals surface area (Å²) in [5.74, 6) is -0.511. The Bertz CT molecular complexity index is 1390. The van der Waals surface area contributed by atoms with Crippen molar-refractivity contribution in [3.05, 3.63) is 54.9 Å². The highest BCUT2D eigenvalue weighted by molar-refractivity contribution is 5.66. The molecule has 178 valence electrons. The van der Waals surface area contributed by atoms with Gasteiger partial charge in [-0.05, 0) is 36.8 Å². The van der Waals surface area contributed by atoms with Crippen molar-refractivity contribution in [3.63, 3.8) is 0 Å². The van der Waals surface area contributed by atoms with Crippen molar-refractivity contribution in [3.8, 4) is 22.6 Å². The second-order valence-electron chi connectivity index (χ2n) is 9.12. The minimum absolute atomic E-state index is 0.0137. The Morgan fingerprint density at radius 2 is 1.77 bits per heavy atom. The zero-order chi connectivity index (χ0) is 24.2. The molecule has 2 aliphatic rings. The van der Waals surface area contributed by atoms with Crippen LogP contribution in [0.25, 0.3) is 22.6 Å². The number of nitrogens with zero attached hydrogens (tertiary/aromatic N) is 7. The molecule has 9 nitrogen and oxygen atoms in total. The van der Waals surface area contributed by atoms with Gasteiger partial charge in [0.2, 0.25) is 11.9 Å². The molecule has 2 fully saturated rings. The van der Waals surface area contributed by atoms with Gasteiger partial charge in [-0.3, -0.25) is 0 Å². The summed E-state index contributed by atoms with van der Waals surface area (Å²) in [6.45, 7) is 0.951. The van der Waals surface area contributed by atoms with Crippen LogP contribution in [0, 0.1) is 5.41 Å². The quantitative estimate of drug-likeness (QED) is 0.447. The van der Waals surface area contributed by atoms with Crippen LogP contribution in [0.2, 0.25) is 0 Å². The van der Waals surface area contributed by atoms with E-state index in [1.807, 2.05) is 41.3 Å². The molecule has 0 radical (unpaired) electrons. The number of nitrogen functional groups attached to an aromatic ring is 1. The van der Waals surface area contributed by atoms with Crippen molar-refractivity contribution >= 4 is 23.4 Å². The predicted octanol–water partition coefficient (Wildman–Crippen LogP) is 3.90. The number of nitrogens with two attached hydrogens (primary N) is 1. The lowest BCUT2D eigenvalue weighted by Crippen LogP contribution is -2.23. The molecule has 1 spiro atoms. The molecular weight excluding hydrogens is 452 g/mol. The van der Waals surface area contributed by atoms with Crippen LogP contribution in [0.3, 0.4) is 0 Å². The number of pyridine rings is 1. The van der Waals surface area contributed by atoms with Gasteiger partial charge in [-0.15, -0.1) is 5.10 Å². The largest absolute Gasteiger partial charge is 0.368 e. The maximum atomic E-state index is 13.7. The van der Waals surface area contributed by atoms with E-state index >= 15 is 0 Å². The molecule has 11 heteroatoms. The van der Waals surface area contributed by atoms with E-state index in [1.54, 1.807) is 30.2 Å². The van der Waals surface area contributed by atoms with Crippen molar-refractivity contribution in [2.75, 3.05) is 29.0 Å². The zero-order valence-electron chi connectivity index (χ0n) is 19.0. The van der Waals surface area contributed by atoms with Gasteiger partial charge in [0.1, 0.15) is 5.82 Å². The Balaban J connectivity index is 1.15. The second kappa shape index (κ2) is 7.69. The normalized spacial score (nSPS) is 20.4. The Hall–Kier alpha value is -4.15. The first kappa shape index (κ1) is 21.4. The van der Waals surface area contributed by atoms with Gasteiger partial charge in [0.05, 0.1) is 11.1 Å². The van der Waals surface area contributed by atoms with E-state index in [2.05, 4.69) is 30.4 Å². The maximum Gasteiger partial charge on any atom is 0.256 e. The molecule has 35 heavy (non-hydrogen) atoms. The van der Waals surface area contributed by atoms with E-state index in [1.165, 1.54) is 0 Å². The first-order chi connectivity index (χ1) is 16.8. The SMILES string of the molecule is Cn1nc(-c2ccc(N3CCC4(C3)CC4(F)F)nc2)nc1Nc1ccc(-c2ccnc(N)n2)cc1. The first-order valence-electron chi connectivity index (χ1n) is 11.3. The molecular formula is C24H23F2N9. The van der Waals surface area contributed by atoms with Crippen LogP contribution in [0.15, 0.2) is 54.9 Å². The number of aryl methyl sites for hydroxylation is 1. The van der Waals surface area contributed by atoms with Gasteiger partial charge in [0.25, 0.3) is 5.92 Å². The van der Waals surface area contributed by atoms with E-state index in [9.17, 15) is 8.78 Å². The highest BCUT2D eigenvalue weighted by Crippen LogP contribution is 2.65. The summed E-state index contributed by atoms with van der Waals surface area (Å²) in [5, 5.41) is 7.76. The fraction of sp³-hybridized carbons (Fsp3) is 0.292. The van der Waals surface area contributed by atoms with Crippen LogP contribution in [0.1, 0.15) is 12.8 Å². The molecule has 1 aliphatic heterocycles. The van der Waals surface area contributed by atoms with E-state index in [0.29, 0.717) is 37.1 Å². The third-order valence-corrected chi connectivity index (χ3v) is 6.77. The lowest BCUT2D eigenvalue weighted by atomic mass is 10.1. The maximum absolute atomic E-state index is 13.7. The number of hydrogen-bond acceptors (Lipinski definition) is 8. The number of alkyl halides is 2. The van der Waals surface area contributed by atoms with Gasteiger partial charge in [0.15, 0.2) is 5.82 Å². The number of anilines is 4. The number of nitrogens with one attached hydrogen (secondary N) is 1. The Morgan fingerprint density at radius 3 is 2.43 bits per heavy atom. The standard InChI is InChI=1S/C24H23F2N9/c1-34-22(30-17-5-2-15(3-6-17)18-8-10-28-21(27)31-18)32-20(33-34)16-4-7-19(29-12-16)35-11-9-23(14-35)13-24(23,25)26/h2-8,10,12H,9,11,13-14H2,1H3,(H2,27,28,31)(H,30,32,33). The Labute approximate surface area is 200 Å². The number of aromatic nitrogens is 6. The Morgan fingerprint density at radius 1 is 1.00 bits per heavy atom. The molecule has 1 aromatic carbocycles. The van der Waals surface area contributed by atoms with Crippen LogP contribution < -0.4 is 16.0 Å². The van der Waals surface area contributed by atoms with Crippen LogP contribution in [-0.2, 0) is 7.05 Å². The average Bonchev–Trinajstić information content (AvgIpc) is 3.14. The number of halogens is 2. The highest BCUT2D eigenvalue weighted by Gasteiger charge is 2.72. The molecule has 0 bridgehead atoms. The van der Waals surface area contributed by atoms with Crippen LogP contribution >= 0.6 is 0 Å². The van der Waals surface area contributed by atoms with E-state index in [-0.39, 0.29) is 12.4 Å². The summed E-state index contributed by atoms with van der Waals surface area (Å²) < 4.78 is 29.0. The third-order valence-electron chi connectivity index (χ3n) is 6.77. The summed E-state index contributed by atoms with van der Waals surface area (Å²) in [6, 6.07) is 13.2. The molecule has 1 saturated carbocycles. The lowest BCUT2D eigenvalue weighted by Gasteiger charge is -2.17. The molecule has 1 aliphatic carbocycles. The van der Waals surface area contributed by atoms with Crippen molar-refractivity contribution in [2.24, 2.45) is 12.5 Å². The topological polar surface area (TPSA) is 111 Å². The lowest BCUT2D eigenvalue weighted by molar-refractivity contribution is 0.0711. The fourth-order valence-corrected chi connectivity index (χ4v) is 4.60. The minimum atomic E-state index is -2.53. The first-order valence-corrected chi connectivity index (χ1v) is 11.3. The summed E-state index contributed by atoms with van der Waals surface area (Å²) >= 11 is 0. The summed E-state index contributed by atoms with van der Waals surface area (Å²) in [7, 11) is 1.80. The van der Waals surface area contributed by atoms with Crippen molar-refractivity contribution in [1.82, 2.24) is 29.7 Å². The van der Waals surface area contributed by atoms with Crippen LogP contribution in [-0.4, -0.2) is 48.7 Å². The summed E-state index contributed by atoms with van der Waals surface area (Å²) in [4.78, 5) is 19.2. The van der Waals surface area contributed by atoms with Crippen LogP contribution in [0.4, 0.5) is 32.2 Å². The average molecular weight is 476 g/mol. The van der Waals surface area contributed by atoms with E-state index < -0.39 is 11.3 Å². The molecule has 1 atom stereocenters. The van der Waals surface area contributed by atoms with Gasteiger partial charge < -0.3 is 16.0 Å².